The van der Waals surface area contributed by atoms with Crippen LogP contribution < -0.4 is 5.73 Å². The number of rotatable bonds is 1. The number of benzene rings is 1. The fraction of sp³-hybridized carbons (Fsp3) is 0.0714. The van der Waals surface area contributed by atoms with Gasteiger partial charge in [-0.3, -0.25) is 4.98 Å². The zero-order valence-corrected chi connectivity index (χ0v) is 9.89. The Morgan fingerprint density at radius 1 is 1.17 bits per heavy atom. The van der Waals surface area contributed by atoms with Crippen LogP contribution in [-0.4, -0.2) is 9.55 Å². The lowest BCUT2D eigenvalue weighted by Gasteiger charge is -2.03. The molecule has 4 heteroatoms. The molecule has 0 amide bonds. The molecule has 0 aliphatic rings. The molecule has 2 heterocycles. The summed E-state index contributed by atoms with van der Waals surface area (Å²) in [5.74, 6) is -0.236. The van der Waals surface area contributed by atoms with E-state index < -0.39 is 0 Å². The smallest absolute Gasteiger partial charge is 0.125 e. The van der Waals surface area contributed by atoms with Crippen LogP contribution in [0.15, 0.2) is 42.6 Å². The lowest BCUT2D eigenvalue weighted by atomic mass is 10.2. The van der Waals surface area contributed by atoms with Crippen molar-refractivity contribution in [3.63, 3.8) is 0 Å². The Labute approximate surface area is 104 Å². The quantitative estimate of drug-likeness (QED) is 0.711. The van der Waals surface area contributed by atoms with Gasteiger partial charge in [0.2, 0.25) is 0 Å². The molecular formula is C14H12FN3. The maximum atomic E-state index is 13.2. The van der Waals surface area contributed by atoms with Gasteiger partial charge in [0.25, 0.3) is 0 Å². The van der Waals surface area contributed by atoms with E-state index >= 15 is 0 Å². The first-order valence-corrected chi connectivity index (χ1v) is 5.62. The van der Waals surface area contributed by atoms with E-state index in [1.165, 1.54) is 12.1 Å². The number of hydrogen-bond acceptors (Lipinski definition) is 2. The van der Waals surface area contributed by atoms with Crippen LogP contribution in [0.2, 0.25) is 0 Å². The number of pyridine rings is 1. The van der Waals surface area contributed by atoms with Crippen LogP contribution in [0.4, 0.5) is 10.1 Å². The molecule has 0 saturated carbocycles. The third-order valence-corrected chi connectivity index (χ3v) is 3.06. The van der Waals surface area contributed by atoms with Gasteiger partial charge in [-0.1, -0.05) is 0 Å². The minimum atomic E-state index is -0.236. The van der Waals surface area contributed by atoms with Crippen molar-refractivity contribution in [2.45, 2.75) is 0 Å². The number of aryl methyl sites for hydroxylation is 1. The van der Waals surface area contributed by atoms with Gasteiger partial charge < -0.3 is 10.3 Å². The number of nitrogens with two attached hydrogens (primary N) is 1. The molecule has 3 nitrogen and oxygen atoms in total. The number of aromatic nitrogens is 2. The predicted molar refractivity (Wildman–Crippen MR) is 70.5 cm³/mol. The van der Waals surface area contributed by atoms with E-state index in [9.17, 15) is 4.39 Å². The summed E-state index contributed by atoms with van der Waals surface area (Å²) >= 11 is 0. The van der Waals surface area contributed by atoms with E-state index in [1.54, 1.807) is 18.3 Å². The molecule has 3 rings (SSSR count). The van der Waals surface area contributed by atoms with Crippen LogP contribution in [0.25, 0.3) is 22.3 Å². The highest BCUT2D eigenvalue weighted by Gasteiger charge is 2.09. The van der Waals surface area contributed by atoms with Crippen molar-refractivity contribution in [1.82, 2.24) is 9.55 Å². The molecule has 0 unspecified atom stereocenters. The van der Waals surface area contributed by atoms with Gasteiger partial charge in [0, 0.05) is 12.4 Å². The van der Waals surface area contributed by atoms with Crippen molar-refractivity contribution < 1.29 is 4.39 Å². The SMILES string of the molecule is Cn1c(-c2ccc(N)cn2)cc2ccc(F)cc21. The van der Waals surface area contributed by atoms with Crippen molar-refractivity contribution in [2.75, 3.05) is 5.73 Å². The van der Waals surface area contributed by atoms with Gasteiger partial charge in [0.1, 0.15) is 5.82 Å². The minimum absolute atomic E-state index is 0.236. The second kappa shape index (κ2) is 3.84. The summed E-state index contributed by atoms with van der Waals surface area (Å²) in [5, 5.41) is 0.993. The van der Waals surface area contributed by atoms with E-state index in [2.05, 4.69) is 4.98 Å². The standard InChI is InChI=1S/C14H12FN3/c1-18-13-7-10(15)3-2-9(13)6-14(18)12-5-4-11(16)8-17-12/h2-8H,16H2,1H3. The molecule has 0 aliphatic carbocycles. The van der Waals surface area contributed by atoms with Gasteiger partial charge in [-0.15, -0.1) is 0 Å². The van der Waals surface area contributed by atoms with Gasteiger partial charge in [-0.25, -0.2) is 4.39 Å². The third-order valence-electron chi connectivity index (χ3n) is 3.06. The highest BCUT2D eigenvalue weighted by Crippen LogP contribution is 2.26. The van der Waals surface area contributed by atoms with E-state index in [4.69, 9.17) is 5.73 Å². The monoisotopic (exact) mass is 241 g/mol. The molecule has 1 aromatic carbocycles. The van der Waals surface area contributed by atoms with Gasteiger partial charge >= 0.3 is 0 Å². The molecule has 0 fully saturated rings. The van der Waals surface area contributed by atoms with E-state index in [0.29, 0.717) is 5.69 Å². The first kappa shape index (κ1) is 10.8. The maximum Gasteiger partial charge on any atom is 0.125 e. The average molecular weight is 241 g/mol. The summed E-state index contributed by atoms with van der Waals surface area (Å²) in [4.78, 5) is 4.29. The minimum Gasteiger partial charge on any atom is -0.397 e. The number of hydrogen-bond donors (Lipinski definition) is 1. The summed E-state index contributed by atoms with van der Waals surface area (Å²) in [6.07, 6.45) is 1.62. The van der Waals surface area contributed by atoms with Crippen molar-refractivity contribution in [3.8, 4) is 11.4 Å². The van der Waals surface area contributed by atoms with Crippen molar-refractivity contribution in [1.29, 1.82) is 0 Å². The molecule has 0 atom stereocenters. The molecule has 0 aliphatic heterocycles. The Bertz CT molecular complexity index is 714. The van der Waals surface area contributed by atoms with Crippen molar-refractivity contribution in [3.05, 3.63) is 48.4 Å². The summed E-state index contributed by atoms with van der Waals surface area (Å²) < 4.78 is 15.2. The largest absolute Gasteiger partial charge is 0.397 e. The van der Waals surface area contributed by atoms with Crippen LogP contribution in [0.3, 0.4) is 0 Å². The topological polar surface area (TPSA) is 43.8 Å². The first-order chi connectivity index (χ1) is 8.65. The molecule has 18 heavy (non-hydrogen) atoms. The fourth-order valence-corrected chi connectivity index (χ4v) is 2.11. The second-order valence-electron chi connectivity index (χ2n) is 4.27. The zero-order chi connectivity index (χ0) is 12.7. The molecule has 0 spiro atoms. The fourth-order valence-electron chi connectivity index (χ4n) is 2.11. The Kier molecular flexibility index (Phi) is 2.30. The number of nitrogen functional groups attached to an aromatic ring is 1. The molecule has 0 saturated heterocycles. The van der Waals surface area contributed by atoms with Crippen LogP contribution in [0, 0.1) is 5.82 Å². The first-order valence-electron chi connectivity index (χ1n) is 5.62. The van der Waals surface area contributed by atoms with Crippen LogP contribution in [0.1, 0.15) is 0 Å². The Morgan fingerprint density at radius 3 is 2.72 bits per heavy atom. The lowest BCUT2D eigenvalue weighted by molar-refractivity contribution is 0.629. The Hall–Kier alpha value is -2.36. The zero-order valence-electron chi connectivity index (χ0n) is 9.89. The molecule has 2 aromatic heterocycles. The number of nitrogens with zero attached hydrogens (tertiary/aromatic N) is 2. The van der Waals surface area contributed by atoms with E-state index in [-0.39, 0.29) is 5.82 Å². The highest BCUT2D eigenvalue weighted by molar-refractivity contribution is 5.86. The van der Waals surface area contributed by atoms with Crippen molar-refractivity contribution >= 4 is 16.6 Å². The molecular weight excluding hydrogens is 229 g/mol. The number of anilines is 1. The predicted octanol–water partition coefficient (Wildman–Crippen LogP) is 2.96. The van der Waals surface area contributed by atoms with Gasteiger partial charge in [-0.2, -0.15) is 0 Å². The average Bonchev–Trinajstić information content (AvgIpc) is 2.68. The summed E-state index contributed by atoms with van der Waals surface area (Å²) in [7, 11) is 1.90. The summed E-state index contributed by atoms with van der Waals surface area (Å²) in [6, 6.07) is 10.4. The van der Waals surface area contributed by atoms with E-state index in [1.807, 2.05) is 23.7 Å². The second-order valence-corrected chi connectivity index (χ2v) is 4.27. The number of halogens is 1. The third kappa shape index (κ3) is 1.62. The highest BCUT2D eigenvalue weighted by atomic mass is 19.1. The Balaban J connectivity index is 2.23. The molecule has 0 bridgehead atoms. The van der Waals surface area contributed by atoms with Crippen molar-refractivity contribution in [2.24, 2.45) is 7.05 Å². The van der Waals surface area contributed by atoms with Crippen LogP contribution in [0.5, 0.6) is 0 Å². The van der Waals surface area contributed by atoms with Gasteiger partial charge in [-0.05, 0) is 36.4 Å². The van der Waals surface area contributed by atoms with Crippen LogP contribution >= 0.6 is 0 Å². The molecule has 2 N–H and O–H groups in total. The van der Waals surface area contributed by atoms with E-state index in [0.717, 1.165) is 22.3 Å². The Morgan fingerprint density at radius 2 is 2.00 bits per heavy atom. The lowest BCUT2D eigenvalue weighted by Crippen LogP contribution is -1.94. The normalized spacial score (nSPS) is 11.0. The molecule has 3 aromatic rings. The molecule has 0 radical (unpaired) electrons. The molecule has 90 valence electrons. The summed E-state index contributed by atoms with van der Waals surface area (Å²) in [6.45, 7) is 0. The van der Waals surface area contributed by atoms with Gasteiger partial charge in [0.05, 0.1) is 28.8 Å². The maximum absolute atomic E-state index is 13.2. The summed E-state index contributed by atoms with van der Waals surface area (Å²) in [5.41, 5.74) is 8.86. The van der Waals surface area contributed by atoms with Crippen LogP contribution in [-0.2, 0) is 7.05 Å². The van der Waals surface area contributed by atoms with Gasteiger partial charge in [0.15, 0.2) is 0 Å². The number of fused-ring (bicyclic) bond motifs is 1.